The lowest BCUT2D eigenvalue weighted by molar-refractivity contribution is 0.816. The van der Waals surface area contributed by atoms with Crippen LogP contribution in [0.25, 0.3) is 39.5 Å². The maximum absolute atomic E-state index is 4.71. The minimum Gasteiger partial charge on any atom is -0.337 e. The van der Waals surface area contributed by atoms with Crippen LogP contribution >= 0.6 is 0 Å². The number of nitrogens with zero attached hydrogens (tertiary/aromatic N) is 2. The Morgan fingerprint density at radius 3 is 2.92 bits per heavy atom. The summed E-state index contributed by atoms with van der Waals surface area (Å²) in [5.74, 6) is 0.825. The SMILES string of the molecule is CCCC/C=C/c1ccc2nc(-c3[nH]nc4ccccc34)[nH]c2c1. The molecule has 2 heterocycles. The number of aromatic amines is 2. The molecule has 0 aliphatic heterocycles. The van der Waals surface area contributed by atoms with Gasteiger partial charge in [-0.05, 0) is 30.2 Å². The van der Waals surface area contributed by atoms with Crippen molar-refractivity contribution in [2.45, 2.75) is 26.2 Å². The molecule has 0 atom stereocenters. The molecular formula is C20H20N4. The van der Waals surface area contributed by atoms with Crippen LogP contribution in [-0.2, 0) is 0 Å². The highest BCUT2D eigenvalue weighted by atomic mass is 15.1. The van der Waals surface area contributed by atoms with E-state index in [0.29, 0.717) is 0 Å². The zero-order chi connectivity index (χ0) is 16.4. The quantitative estimate of drug-likeness (QED) is 0.490. The second-order valence-electron chi connectivity index (χ2n) is 6.02. The van der Waals surface area contributed by atoms with Gasteiger partial charge in [-0.25, -0.2) is 4.98 Å². The van der Waals surface area contributed by atoms with Gasteiger partial charge in [0.2, 0.25) is 0 Å². The van der Waals surface area contributed by atoms with Crippen LogP contribution in [0.15, 0.2) is 48.5 Å². The molecule has 4 rings (SSSR count). The molecule has 120 valence electrons. The number of nitrogens with one attached hydrogen (secondary N) is 2. The minimum absolute atomic E-state index is 0.825. The average Bonchev–Trinajstić information content (AvgIpc) is 3.21. The summed E-state index contributed by atoms with van der Waals surface area (Å²) < 4.78 is 0. The Morgan fingerprint density at radius 1 is 1.08 bits per heavy atom. The van der Waals surface area contributed by atoms with Crippen LogP contribution in [0.2, 0.25) is 0 Å². The molecule has 2 aromatic carbocycles. The van der Waals surface area contributed by atoms with Crippen LogP contribution in [0.4, 0.5) is 0 Å². The maximum atomic E-state index is 4.71. The van der Waals surface area contributed by atoms with Gasteiger partial charge in [-0.3, -0.25) is 5.10 Å². The van der Waals surface area contributed by atoms with E-state index in [9.17, 15) is 0 Å². The molecule has 4 aromatic rings. The molecule has 0 amide bonds. The lowest BCUT2D eigenvalue weighted by Gasteiger charge is -1.94. The van der Waals surface area contributed by atoms with Gasteiger partial charge < -0.3 is 4.98 Å². The van der Waals surface area contributed by atoms with Crippen molar-refractivity contribution in [2.24, 2.45) is 0 Å². The van der Waals surface area contributed by atoms with Crippen molar-refractivity contribution in [3.63, 3.8) is 0 Å². The second kappa shape index (κ2) is 6.32. The van der Waals surface area contributed by atoms with Crippen molar-refractivity contribution in [1.82, 2.24) is 20.2 Å². The van der Waals surface area contributed by atoms with Gasteiger partial charge in [0, 0.05) is 5.39 Å². The van der Waals surface area contributed by atoms with Crippen molar-refractivity contribution in [3.8, 4) is 11.5 Å². The molecular weight excluding hydrogens is 296 g/mol. The molecule has 0 unspecified atom stereocenters. The smallest absolute Gasteiger partial charge is 0.157 e. The number of fused-ring (bicyclic) bond motifs is 2. The molecule has 0 saturated carbocycles. The summed E-state index contributed by atoms with van der Waals surface area (Å²) in [6.07, 6.45) is 8.01. The van der Waals surface area contributed by atoms with Crippen LogP contribution in [0.1, 0.15) is 31.7 Å². The predicted molar refractivity (Wildman–Crippen MR) is 99.7 cm³/mol. The molecule has 0 aliphatic carbocycles. The molecule has 0 saturated heterocycles. The third-order valence-corrected chi connectivity index (χ3v) is 4.24. The van der Waals surface area contributed by atoms with Gasteiger partial charge in [-0.2, -0.15) is 5.10 Å². The Balaban J connectivity index is 1.69. The lowest BCUT2D eigenvalue weighted by Crippen LogP contribution is -1.80. The van der Waals surface area contributed by atoms with Gasteiger partial charge in [0.25, 0.3) is 0 Å². The normalized spacial score (nSPS) is 11.9. The standard InChI is InChI=1S/C20H20N4/c1-2-3-4-5-8-14-11-12-17-18(13-14)22-20(21-17)19-15-9-6-7-10-16(15)23-24-19/h5-13H,2-4H2,1H3,(H,21,22)(H,23,24)/b8-5+. The van der Waals surface area contributed by atoms with E-state index in [2.05, 4.69) is 58.5 Å². The largest absolute Gasteiger partial charge is 0.337 e. The Kier molecular flexibility index (Phi) is 3.87. The number of hydrogen-bond donors (Lipinski definition) is 2. The zero-order valence-electron chi connectivity index (χ0n) is 13.7. The Bertz CT molecular complexity index is 1010. The first-order valence-corrected chi connectivity index (χ1v) is 8.45. The molecule has 2 aromatic heterocycles. The molecule has 0 fully saturated rings. The molecule has 0 radical (unpaired) electrons. The van der Waals surface area contributed by atoms with Crippen molar-refractivity contribution >= 4 is 28.0 Å². The number of allylic oxidation sites excluding steroid dienone is 1. The summed E-state index contributed by atoms with van der Waals surface area (Å²) in [6.45, 7) is 2.21. The van der Waals surface area contributed by atoms with Gasteiger partial charge in [-0.1, -0.05) is 56.2 Å². The molecule has 4 heteroatoms. The summed E-state index contributed by atoms with van der Waals surface area (Å²) in [4.78, 5) is 8.12. The lowest BCUT2D eigenvalue weighted by atomic mass is 10.1. The van der Waals surface area contributed by atoms with Crippen molar-refractivity contribution in [3.05, 3.63) is 54.1 Å². The molecule has 0 bridgehead atoms. The summed E-state index contributed by atoms with van der Waals surface area (Å²) >= 11 is 0. The van der Waals surface area contributed by atoms with E-state index in [4.69, 9.17) is 4.98 Å². The number of rotatable bonds is 5. The van der Waals surface area contributed by atoms with Crippen molar-refractivity contribution in [1.29, 1.82) is 0 Å². The minimum atomic E-state index is 0.825. The van der Waals surface area contributed by atoms with Gasteiger partial charge in [0.15, 0.2) is 5.82 Å². The van der Waals surface area contributed by atoms with E-state index < -0.39 is 0 Å². The van der Waals surface area contributed by atoms with E-state index in [0.717, 1.165) is 39.9 Å². The van der Waals surface area contributed by atoms with Gasteiger partial charge in [0.1, 0.15) is 5.69 Å². The number of hydrogen-bond acceptors (Lipinski definition) is 2. The van der Waals surface area contributed by atoms with E-state index in [1.807, 2.05) is 18.2 Å². The zero-order valence-corrected chi connectivity index (χ0v) is 13.7. The first kappa shape index (κ1) is 14.7. The van der Waals surface area contributed by atoms with Gasteiger partial charge in [0.05, 0.1) is 16.6 Å². The number of imidazole rings is 1. The van der Waals surface area contributed by atoms with Crippen LogP contribution < -0.4 is 0 Å². The molecule has 4 nitrogen and oxygen atoms in total. The molecule has 0 spiro atoms. The number of benzene rings is 2. The highest BCUT2D eigenvalue weighted by molar-refractivity contribution is 5.93. The van der Waals surface area contributed by atoms with Crippen molar-refractivity contribution in [2.75, 3.05) is 0 Å². The van der Waals surface area contributed by atoms with E-state index >= 15 is 0 Å². The highest BCUT2D eigenvalue weighted by Crippen LogP contribution is 2.26. The number of unbranched alkanes of at least 4 members (excludes halogenated alkanes) is 2. The summed E-state index contributed by atoms with van der Waals surface area (Å²) in [7, 11) is 0. The molecule has 0 aliphatic rings. The summed E-state index contributed by atoms with van der Waals surface area (Å²) in [5, 5.41) is 8.52. The van der Waals surface area contributed by atoms with Crippen LogP contribution in [0, 0.1) is 0 Å². The first-order chi connectivity index (χ1) is 11.8. The van der Waals surface area contributed by atoms with Crippen LogP contribution in [0.5, 0.6) is 0 Å². The van der Waals surface area contributed by atoms with Crippen LogP contribution in [0.3, 0.4) is 0 Å². The van der Waals surface area contributed by atoms with Crippen molar-refractivity contribution < 1.29 is 0 Å². The third kappa shape index (κ3) is 2.71. The Labute approximate surface area is 140 Å². The fourth-order valence-electron chi connectivity index (χ4n) is 2.93. The van der Waals surface area contributed by atoms with E-state index in [1.54, 1.807) is 0 Å². The fraction of sp³-hybridized carbons (Fsp3) is 0.200. The average molecular weight is 316 g/mol. The monoisotopic (exact) mass is 316 g/mol. The maximum Gasteiger partial charge on any atom is 0.157 e. The third-order valence-electron chi connectivity index (χ3n) is 4.24. The molecule has 2 N–H and O–H groups in total. The van der Waals surface area contributed by atoms with Gasteiger partial charge in [-0.15, -0.1) is 0 Å². The number of H-pyrrole nitrogens is 2. The number of aromatic nitrogens is 4. The predicted octanol–water partition coefficient (Wildman–Crippen LogP) is 5.31. The summed E-state index contributed by atoms with van der Waals surface area (Å²) in [5.41, 5.74) is 5.09. The van der Waals surface area contributed by atoms with E-state index in [1.165, 1.54) is 18.4 Å². The highest BCUT2D eigenvalue weighted by Gasteiger charge is 2.11. The Morgan fingerprint density at radius 2 is 2.00 bits per heavy atom. The topological polar surface area (TPSA) is 57.4 Å². The number of para-hydroxylation sites is 1. The van der Waals surface area contributed by atoms with Crippen LogP contribution in [-0.4, -0.2) is 20.2 Å². The van der Waals surface area contributed by atoms with E-state index in [-0.39, 0.29) is 0 Å². The van der Waals surface area contributed by atoms with Gasteiger partial charge >= 0.3 is 0 Å². The fourth-order valence-corrected chi connectivity index (χ4v) is 2.93. The summed E-state index contributed by atoms with van der Waals surface area (Å²) in [6, 6.07) is 14.4. The second-order valence-corrected chi connectivity index (χ2v) is 6.02. The Hall–Kier alpha value is -2.88. The molecule has 24 heavy (non-hydrogen) atoms. The first-order valence-electron chi connectivity index (χ1n) is 8.45.